The molecule has 0 bridgehead atoms. The number of unbranched alkanes of at least 4 members (excludes halogenated alkanes) is 3. The van der Waals surface area contributed by atoms with E-state index in [9.17, 15) is 0 Å². The lowest BCUT2D eigenvalue weighted by Crippen LogP contribution is -1.93. The second-order valence-electron chi connectivity index (χ2n) is 3.04. The number of aliphatic hydroxyl groups is 2. The number of hydrogen-bond acceptors (Lipinski definition) is 2. The summed E-state index contributed by atoms with van der Waals surface area (Å²) < 4.78 is 0. The zero-order valence-corrected chi connectivity index (χ0v) is 8.71. The van der Waals surface area contributed by atoms with Gasteiger partial charge in [-0.15, -0.1) is 0 Å². The van der Waals surface area contributed by atoms with E-state index >= 15 is 0 Å². The molecule has 2 heteroatoms. The molecule has 0 aromatic carbocycles. The van der Waals surface area contributed by atoms with Gasteiger partial charge in [-0.2, -0.15) is 0 Å². The summed E-state index contributed by atoms with van der Waals surface area (Å²) in [6, 6.07) is 0. The molecule has 0 radical (unpaired) electrons. The van der Waals surface area contributed by atoms with Crippen LogP contribution in [0.2, 0.25) is 0 Å². The highest BCUT2D eigenvalue weighted by molar-refractivity contribution is 4.35. The van der Waals surface area contributed by atoms with Crippen LogP contribution in [0.15, 0.2) is 0 Å². The first kappa shape index (κ1) is 14.4. The van der Waals surface area contributed by atoms with E-state index in [1.165, 1.54) is 19.3 Å². The number of hydrogen-bond donors (Lipinski definition) is 2. The predicted octanol–water partition coefficient (Wildman–Crippen LogP) is 2.34. The maximum atomic E-state index is 8.36. The van der Waals surface area contributed by atoms with Gasteiger partial charge in [0, 0.05) is 6.61 Å². The first-order chi connectivity index (χ1) is 5.68. The largest absolute Gasteiger partial charge is 0.396 e. The van der Waals surface area contributed by atoms with Gasteiger partial charge in [0.2, 0.25) is 0 Å². The average Bonchev–Trinajstić information content (AvgIpc) is 2.07. The van der Waals surface area contributed by atoms with Crippen LogP contribution in [-0.4, -0.2) is 22.9 Å². The van der Waals surface area contributed by atoms with Gasteiger partial charge in [-0.3, -0.25) is 0 Å². The van der Waals surface area contributed by atoms with Crippen molar-refractivity contribution in [1.82, 2.24) is 0 Å². The molecule has 0 aliphatic carbocycles. The summed E-state index contributed by atoms with van der Waals surface area (Å²) in [6.07, 6.45) is 5.43. The summed E-state index contributed by atoms with van der Waals surface area (Å²) in [5.41, 5.74) is 0. The van der Waals surface area contributed by atoms with Crippen LogP contribution in [0.1, 0.15) is 52.9 Å². The van der Waals surface area contributed by atoms with Gasteiger partial charge in [-0.1, -0.05) is 33.1 Å². The van der Waals surface area contributed by atoms with Gasteiger partial charge < -0.3 is 10.2 Å². The lowest BCUT2D eigenvalue weighted by Gasteiger charge is -1.90. The minimum atomic E-state index is -0.116. The quantitative estimate of drug-likeness (QED) is 0.631. The maximum absolute atomic E-state index is 8.36. The summed E-state index contributed by atoms with van der Waals surface area (Å²) in [7, 11) is 0. The molecular formula is C10H24O2. The molecule has 0 saturated carbocycles. The third-order valence-corrected chi connectivity index (χ3v) is 1.60. The topological polar surface area (TPSA) is 40.5 Å². The smallest absolute Gasteiger partial charge is 0.0509 e. The zero-order valence-electron chi connectivity index (χ0n) is 8.71. The van der Waals surface area contributed by atoms with Crippen LogP contribution in [0, 0.1) is 0 Å². The van der Waals surface area contributed by atoms with E-state index < -0.39 is 0 Å². The summed E-state index contributed by atoms with van der Waals surface area (Å²) >= 11 is 0. The Bertz CT molecular complexity index is 58.9. The van der Waals surface area contributed by atoms with Crippen molar-refractivity contribution in [1.29, 1.82) is 0 Å². The first-order valence-corrected chi connectivity index (χ1v) is 4.97. The van der Waals surface area contributed by atoms with Crippen molar-refractivity contribution in [2.75, 3.05) is 6.61 Å². The molecule has 0 aromatic rings. The van der Waals surface area contributed by atoms with E-state index in [2.05, 4.69) is 6.92 Å². The monoisotopic (exact) mass is 176 g/mol. The van der Waals surface area contributed by atoms with Gasteiger partial charge in [0.15, 0.2) is 0 Å². The average molecular weight is 176 g/mol. The van der Waals surface area contributed by atoms with E-state index in [4.69, 9.17) is 10.2 Å². The Morgan fingerprint density at radius 1 is 1.08 bits per heavy atom. The molecule has 0 aliphatic rings. The molecular weight excluding hydrogens is 152 g/mol. The fourth-order valence-electron chi connectivity index (χ4n) is 0.539. The van der Waals surface area contributed by atoms with Crippen LogP contribution in [0.3, 0.4) is 0 Å². The molecule has 12 heavy (non-hydrogen) atoms. The lowest BCUT2D eigenvalue weighted by atomic mass is 10.2. The van der Waals surface area contributed by atoms with Crippen LogP contribution < -0.4 is 0 Å². The molecule has 0 saturated heterocycles. The van der Waals surface area contributed by atoms with Gasteiger partial charge in [-0.05, 0) is 19.8 Å². The number of aliphatic hydroxyl groups excluding tert-OH is 2. The van der Waals surface area contributed by atoms with E-state index in [1.54, 1.807) is 6.92 Å². The normalized spacial score (nSPS) is 11.8. The molecule has 2 nitrogen and oxygen atoms in total. The highest BCUT2D eigenvalue weighted by Crippen LogP contribution is 1.96. The van der Waals surface area contributed by atoms with Crippen molar-refractivity contribution in [2.45, 2.75) is 59.0 Å². The van der Waals surface area contributed by atoms with Crippen molar-refractivity contribution >= 4 is 0 Å². The Labute approximate surface area is 76.6 Å². The second kappa shape index (κ2) is 13.5. The van der Waals surface area contributed by atoms with Crippen molar-refractivity contribution in [3.05, 3.63) is 0 Å². The van der Waals surface area contributed by atoms with Gasteiger partial charge in [0.1, 0.15) is 0 Å². The molecule has 0 fully saturated rings. The summed E-state index contributed by atoms with van der Waals surface area (Å²) in [6.45, 7) is 6.25. The van der Waals surface area contributed by atoms with Gasteiger partial charge >= 0.3 is 0 Å². The zero-order chi connectivity index (χ0) is 9.82. The Balaban J connectivity index is 0. The summed E-state index contributed by atoms with van der Waals surface area (Å²) in [5, 5.41) is 16.7. The molecule has 0 amide bonds. The van der Waals surface area contributed by atoms with Crippen molar-refractivity contribution in [3.8, 4) is 0 Å². The SMILES string of the molecule is CCC(C)O.CCCCCCO. The second-order valence-corrected chi connectivity index (χ2v) is 3.04. The maximum Gasteiger partial charge on any atom is 0.0509 e. The summed E-state index contributed by atoms with van der Waals surface area (Å²) in [5.74, 6) is 0. The van der Waals surface area contributed by atoms with E-state index in [0.29, 0.717) is 6.61 Å². The Hall–Kier alpha value is -0.0800. The molecule has 1 atom stereocenters. The minimum absolute atomic E-state index is 0.116. The molecule has 0 spiro atoms. The molecule has 0 heterocycles. The molecule has 76 valence electrons. The predicted molar refractivity (Wildman–Crippen MR) is 53.2 cm³/mol. The van der Waals surface area contributed by atoms with Crippen LogP contribution in [0.5, 0.6) is 0 Å². The van der Waals surface area contributed by atoms with Crippen molar-refractivity contribution in [2.24, 2.45) is 0 Å². The van der Waals surface area contributed by atoms with E-state index in [0.717, 1.165) is 12.8 Å². The molecule has 0 aliphatic heterocycles. The third kappa shape index (κ3) is 22.5. The summed E-state index contributed by atoms with van der Waals surface area (Å²) in [4.78, 5) is 0. The Kier molecular flexibility index (Phi) is 16.3. The van der Waals surface area contributed by atoms with Gasteiger partial charge in [-0.25, -0.2) is 0 Å². The Morgan fingerprint density at radius 3 is 1.83 bits per heavy atom. The van der Waals surface area contributed by atoms with Crippen LogP contribution in [0.4, 0.5) is 0 Å². The Morgan fingerprint density at radius 2 is 1.58 bits per heavy atom. The van der Waals surface area contributed by atoms with Crippen LogP contribution in [-0.2, 0) is 0 Å². The standard InChI is InChI=1S/C6H14O.C4H10O/c1-2-3-4-5-6-7;1-3-4(2)5/h7H,2-6H2,1H3;4-5H,3H2,1-2H3. The fourth-order valence-corrected chi connectivity index (χ4v) is 0.539. The van der Waals surface area contributed by atoms with Crippen LogP contribution in [0.25, 0.3) is 0 Å². The third-order valence-electron chi connectivity index (χ3n) is 1.60. The van der Waals surface area contributed by atoms with Gasteiger partial charge in [0.25, 0.3) is 0 Å². The lowest BCUT2D eigenvalue weighted by molar-refractivity contribution is 0.191. The van der Waals surface area contributed by atoms with E-state index in [1.807, 2.05) is 6.92 Å². The van der Waals surface area contributed by atoms with E-state index in [-0.39, 0.29) is 6.10 Å². The number of rotatable bonds is 5. The van der Waals surface area contributed by atoms with Crippen molar-refractivity contribution in [3.63, 3.8) is 0 Å². The highest BCUT2D eigenvalue weighted by atomic mass is 16.3. The van der Waals surface area contributed by atoms with Gasteiger partial charge in [0.05, 0.1) is 6.10 Å². The molecule has 0 aromatic heterocycles. The fraction of sp³-hybridized carbons (Fsp3) is 1.00. The van der Waals surface area contributed by atoms with Crippen molar-refractivity contribution < 1.29 is 10.2 Å². The molecule has 0 rings (SSSR count). The first-order valence-electron chi connectivity index (χ1n) is 4.97. The highest BCUT2D eigenvalue weighted by Gasteiger charge is 1.81. The molecule has 2 N–H and O–H groups in total. The minimum Gasteiger partial charge on any atom is -0.396 e. The van der Waals surface area contributed by atoms with Crippen LogP contribution >= 0.6 is 0 Å². The molecule has 1 unspecified atom stereocenters.